The highest BCUT2D eigenvalue weighted by Gasteiger charge is 2.27. The first-order valence-corrected chi connectivity index (χ1v) is 6.42. The van der Waals surface area contributed by atoms with Gasteiger partial charge in [0.2, 0.25) is 10.0 Å². The van der Waals surface area contributed by atoms with Crippen LogP contribution in [0.1, 0.15) is 6.92 Å². The van der Waals surface area contributed by atoms with Crippen LogP contribution >= 0.6 is 0 Å². The second kappa shape index (κ2) is 5.57. The SMILES string of the molecule is COC(=O)[C@H](C)NS(=O)(=O)c1ccc(F)c(F)c1F. The van der Waals surface area contributed by atoms with Gasteiger partial charge in [-0.15, -0.1) is 0 Å². The van der Waals surface area contributed by atoms with Crippen molar-refractivity contribution in [1.82, 2.24) is 4.72 Å². The first kappa shape index (κ1) is 15.4. The van der Waals surface area contributed by atoms with Gasteiger partial charge in [-0.05, 0) is 19.1 Å². The molecule has 0 aliphatic carbocycles. The first-order chi connectivity index (χ1) is 8.70. The van der Waals surface area contributed by atoms with E-state index in [1.54, 1.807) is 4.72 Å². The van der Waals surface area contributed by atoms with Crippen LogP contribution in [0, 0.1) is 17.5 Å². The fourth-order valence-corrected chi connectivity index (χ4v) is 2.50. The summed E-state index contributed by atoms with van der Waals surface area (Å²) in [6.45, 7) is 1.15. The maximum absolute atomic E-state index is 13.3. The van der Waals surface area contributed by atoms with Gasteiger partial charge < -0.3 is 4.74 Å². The van der Waals surface area contributed by atoms with Gasteiger partial charge in [-0.2, -0.15) is 4.72 Å². The van der Waals surface area contributed by atoms with Crippen LogP contribution in [0.25, 0.3) is 0 Å². The third-order valence-corrected chi connectivity index (χ3v) is 3.73. The molecule has 106 valence electrons. The summed E-state index contributed by atoms with van der Waals surface area (Å²) in [5.74, 6) is -6.19. The zero-order valence-electron chi connectivity index (χ0n) is 9.91. The summed E-state index contributed by atoms with van der Waals surface area (Å²) in [6.07, 6.45) is 0. The molecule has 9 heteroatoms. The van der Waals surface area contributed by atoms with Gasteiger partial charge in [0.1, 0.15) is 10.9 Å². The average Bonchev–Trinajstić information content (AvgIpc) is 2.33. The Hall–Kier alpha value is -1.61. The van der Waals surface area contributed by atoms with Crippen molar-refractivity contribution in [2.45, 2.75) is 17.9 Å². The van der Waals surface area contributed by atoms with Crippen molar-refractivity contribution < 1.29 is 31.1 Å². The maximum Gasteiger partial charge on any atom is 0.323 e. The van der Waals surface area contributed by atoms with Crippen molar-refractivity contribution in [1.29, 1.82) is 0 Å². The molecule has 19 heavy (non-hydrogen) atoms. The Morgan fingerprint density at radius 3 is 2.37 bits per heavy atom. The second-order valence-electron chi connectivity index (χ2n) is 3.54. The predicted octanol–water partition coefficient (Wildman–Crippen LogP) is 0.944. The van der Waals surface area contributed by atoms with E-state index in [0.29, 0.717) is 12.1 Å². The number of rotatable bonds is 4. The van der Waals surface area contributed by atoms with Crippen molar-refractivity contribution >= 4 is 16.0 Å². The summed E-state index contributed by atoms with van der Waals surface area (Å²) in [4.78, 5) is 9.95. The van der Waals surface area contributed by atoms with E-state index in [1.807, 2.05) is 0 Å². The molecule has 0 saturated heterocycles. The van der Waals surface area contributed by atoms with Gasteiger partial charge in [-0.25, -0.2) is 21.6 Å². The van der Waals surface area contributed by atoms with Crippen LogP contribution in [0.15, 0.2) is 17.0 Å². The van der Waals surface area contributed by atoms with Crippen LogP contribution in [-0.2, 0) is 19.6 Å². The Kier molecular flexibility index (Phi) is 4.53. The van der Waals surface area contributed by atoms with Gasteiger partial charge in [0.25, 0.3) is 0 Å². The van der Waals surface area contributed by atoms with Gasteiger partial charge in [0, 0.05) is 0 Å². The molecule has 0 aliphatic heterocycles. The molecule has 0 fully saturated rings. The Morgan fingerprint density at radius 2 is 1.84 bits per heavy atom. The molecule has 0 aromatic heterocycles. The van der Waals surface area contributed by atoms with Crippen LogP contribution in [0.3, 0.4) is 0 Å². The number of methoxy groups -OCH3 is 1. The highest BCUT2D eigenvalue weighted by atomic mass is 32.2. The lowest BCUT2D eigenvalue weighted by atomic mass is 10.3. The lowest BCUT2D eigenvalue weighted by Crippen LogP contribution is -2.39. The molecule has 0 unspecified atom stereocenters. The number of hydrogen-bond donors (Lipinski definition) is 1. The van der Waals surface area contributed by atoms with E-state index in [-0.39, 0.29) is 0 Å². The summed E-state index contributed by atoms with van der Waals surface area (Å²) in [7, 11) is -3.48. The lowest BCUT2D eigenvalue weighted by molar-refractivity contribution is -0.142. The Bertz CT molecular complexity index is 603. The van der Waals surface area contributed by atoms with Crippen molar-refractivity contribution in [2.24, 2.45) is 0 Å². The molecule has 1 N–H and O–H groups in total. The normalized spacial score (nSPS) is 13.1. The third kappa shape index (κ3) is 3.24. The van der Waals surface area contributed by atoms with E-state index in [9.17, 15) is 26.4 Å². The van der Waals surface area contributed by atoms with Crippen LogP contribution in [-0.4, -0.2) is 27.5 Å². The van der Waals surface area contributed by atoms with Gasteiger partial charge in [0.05, 0.1) is 7.11 Å². The molecule has 1 atom stereocenters. The van der Waals surface area contributed by atoms with Crippen molar-refractivity contribution in [3.05, 3.63) is 29.6 Å². The van der Waals surface area contributed by atoms with Crippen LogP contribution in [0.2, 0.25) is 0 Å². The summed E-state index contributed by atoms with van der Waals surface area (Å²) >= 11 is 0. The molecule has 0 saturated carbocycles. The Balaban J connectivity index is 3.15. The van der Waals surface area contributed by atoms with E-state index in [4.69, 9.17) is 0 Å². The van der Waals surface area contributed by atoms with Gasteiger partial charge in [-0.3, -0.25) is 4.79 Å². The molecule has 5 nitrogen and oxygen atoms in total. The molecule has 1 aromatic rings. The standard InChI is InChI=1S/C10H10F3NO4S/c1-5(10(15)18-2)14-19(16,17)7-4-3-6(11)8(12)9(7)13/h3-5,14H,1-2H3/t5-/m0/s1. The van der Waals surface area contributed by atoms with Gasteiger partial charge in [0.15, 0.2) is 17.5 Å². The average molecular weight is 297 g/mol. The number of ether oxygens (including phenoxy) is 1. The number of sulfonamides is 1. The number of nitrogens with one attached hydrogen (secondary N) is 1. The quantitative estimate of drug-likeness (QED) is 0.663. The Morgan fingerprint density at radius 1 is 1.26 bits per heavy atom. The number of hydrogen-bond acceptors (Lipinski definition) is 4. The van der Waals surface area contributed by atoms with Crippen molar-refractivity contribution in [2.75, 3.05) is 7.11 Å². The molecule has 0 bridgehead atoms. The second-order valence-corrected chi connectivity index (χ2v) is 5.22. The number of carbonyl (C=O) groups excluding carboxylic acids is 1. The first-order valence-electron chi connectivity index (χ1n) is 4.94. The minimum Gasteiger partial charge on any atom is -0.468 e. The molecule has 0 amide bonds. The lowest BCUT2D eigenvalue weighted by Gasteiger charge is -2.12. The summed E-state index contributed by atoms with van der Waals surface area (Å²) in [6, 6.07) is -0.280. The molecule has 1 rings (SSSR count). The zero-order chi connectivity index (χ0) is 14.8. The van der Waals surface area contributed by atoms with E-state index in [1.165, 1.54) is 0 Å². The summed E-state index contributed by atoms with van der Waals surface area (Å²) in [5.41, 5.74) is 0. The minimum absolute atomic E-state index is 0.468. The number of esters is 1. The van der Waals surface area contributed by atoms with E-state index in [0.717, 1.165) is 14.0 Å². The fourth-order valence-electron chi connectivity index (χ4n) is 1.24. The topological polar surface area (TPSA) is 72.5 Å². The van der Waals surface area contributed by atoms with Crippen LogP contribution < -0.4 is 4.72 Å². The highest BCUT2D eigenvalue weighted by molar-refractivity contribution is 7.89. The van der Waals surface area contributed by atoms with E-state index < -0.39 is 44.4 Å². The summed E-state index contributed by atoms with van der Waals surface area (Å²) in [5, 5.41) is 0. The van der Waals surface area contributed by atoms with Crippen molar-refractivity contribution in [3.8, 4) is 0 Å². The minimum atomic E-state index is -4.52. The Labute approximate surface area is 107 Å². The van der Waals surface area contributed by atoms with Crippen LogP contribution in [0.5, 0.6) is 0 Å². The molecule has 0 spiro atoms. The smallest absolute Gasteiger partial charge is 0.323 e. The van der Waals surface area contributed by atoms with Gasteiger partial charge in [-0.1, -0.05) is 0 Å². The molecule has 0 aliphatic rings. The molecular weight excluding hydrogens is 287 g/mol. The highest BCUT2D eigenvalue weighted by Crippen LogP contribution is 2.19. The van der Waals surface area contributed by atoms with Crippen LogP contribution in [0.4, 0.5) is 13.2 Å². The fraction of sp³-hybridized carbons (Fsp3) is 0.300. The predicted molar refractivity (Wildman–Crippen MR) is 58.1 cm³/mol. The molecule has 1 aromatic carbocycles. The van der Waals surface area contributed by atoms with Crippen molar-refractivity contribution in [3.63, 3.8) is 0 Å². The number of benzene rings is 1. The molecule has 0 heterocycles. The maximum atomic E-state index is 13.3. The molecular formula is C10H10F3NO4S. The number of halogens is 3. The zero-order valence-corrected chi connectivity index (χ0v) is 10.7. The van der Waals surface area contributed by atoms with E-state index in [2.05, 4.69) is 4.74 Å². The molecule has 0 radical (unpaired) electrons. The van der Waals surface area contributed by atoms with E-state index >= 15 is 0 Å². The largest absolute Gasteiger partial charge is 0.468 e. The van der Waals surface area contributed by atoms with Gasteiger partial charge >= 0.3 is 5.97 Å². The third-order valence-electron chi connectivity index (χ3n) is 2.18. The monoisotopic (exact) mass is 297 g/mol. The number of carbonyl (C=O) groups is 1. The summed E-state index contributed by atoms with van der Waals surface area (Å²) < 4.78 is 68.4.